The first kappa shape index (κ1) is 14.1. The van der Waals surface area contributed by atoms with E-state index in [1.165, 1.54) is 0 Å². The Morgan fingerprint density at radius 3 is 2.57 bits per heavy atom. The molecule has 0 unspecified atom stereocenters. The summed E-state index contributed by atoms with van der Waals surface area (Å²) in [4.78, 5) is 0. The lowest BCUT2D eigenvalue weighted by molar-refractivity contribution is 0.0845. The molecule has 0 saturated carbocycles. The molecule has 0 radical (unpaired) electrons. The Kier molecular flexibility index (Phi) is 3.95. The van der Waals surface area contributed by atoms with Crippen molar-refractivity contribution in [2.24, 2.45) is 0 Å². The van der Waals surface area contributed by atoms with Crippen molar-refractivity contribution >= 4 is 21.6 Å². The summed E-state index contributed by atoms with van der Waals surface area (Å²) in [6.45, 7) is 1.44. The Morgan fingerprint density at radius 1 is 1.29 bits per heavy atom. The van der Waals surface area contributed by atoms with Crippen LogP contribution in [0, 0.1) is 11.3 Å². The van der Waals surface area contributed by atoms with Gasteiger partial charge in [0.2, 0.25) is 0 Å². The van der Waals surface area contributed by atoms with Crippen LogP contribution in [-0.4, -0.2) is 23.0 Å². The minimum atomic E-state index is 0.266. The molecule has 1 aromatic carbocycles. The molecule has 1 aromatic heterocycles. The average Bonchev–Trinajstić information content (AvgIpc) is 2.85. The fourth-order valence-corrected chi connectivity index (χ4v) is 2.86. The van der Waals surface area contributed by atoms with Gasteiger partial charge < -0.3 is 10.5 Å². The van der Waals surface area contributed by atoms with E-state index >= 15 is 0 Å². The van der Waals surface area contributed by atoms with Gasteiger partial charge in [0.1, 0.15) is 6.07 Å². The van der Waals surface area contributed by atoms with E-state index in [4.69, 9.17) is 10.5 Å². The number of rotatable bonds is 2. The predicted molar refractivity (Wildman–Crippen MR) is 83.2 cm³/mol. The fourth-order valence-electron chi connectivity index (χ4n) is 2.60. The Morgan fingerprint density at radius 2 is 1.95 bits per heavy atom. The second-order valence-electron chi connectivity index (χ2n) is 5.03. The smallest absolute Gasteiger partial charge is 0.167 e. The number of nitrogens with two attached hydrogens (primary N) is 1. The van der Waals surface area contributed by atoms with Gasteiger partial charge in [0.15, 0.2) is 5.69 Å². The van der Waals surface area contributed by atoms with E-state index in [0.717, 1.165) is 41.9 Å². The highest BCUT2D eigenvalue weighted by Gasteiger charge is 2.25. The summed E-state index contributed by atoms with van der Waals surface area (Å²) in [5.41, 5.74) is 8.70. The highest BCUT2D eigenvalue weighted by Crippen LogP contribution is 2.32. The summed E-state index contributed by atoms with van der Waals surface area (Å²) >= 11 is 3.40. The van der Waals surface area contributed by atoms with Crippen LogP contribution in [0.15, 0.2) is 28.7 Å². The van der Waals surface area contributed by atoms with Crippen LogP contribution >= 0.6 is 15.9 Å². The van der Waals surface area contributed by atoms with Crippen LogP contribution in [0.3, 0.4) is 0 Å². The largest absolute Gasteiger partial charge is 0.395 e. The molecular formula is C15H15BrN4O. The summed E-state index contributed by atoms with van der Waals surface area (Å²) in [6.07, 6.45) is 1.79. The lowest BCUT2D eigenvalue weighted by atomic mass is 9.95. The van der Waals surface area contributed by atoms with Crippen LogP contribution in [0.2, 0.25) is 0 Å². The minimum absolute atomic E-state index is 0.266. The maximum atomic E-state index is 9.40. The maximum absolute atomic E-state index is 9.40. The molecule has 0 aliphatic carbocycles. The van der Waals surface area contributed by atoms with Crippen LogP contribution in [-0.2, 0) is 4.74 Å². The first-order valence-corrected chi connectivity index (χ1v) is 7.62. The molecule has 2 aromatic rings. The molecule has 21 heavy (non-hydrogen) atoms. The van der Waals surface area contributed by atoms with Gasteiger partial charge >= 0.3 is 0 Å². The maximum Gasteiger partial charge on any atom is 0.167 e. The molecule has 108 valence electrons. The Bertz CT molecular complexity index is 681. The fraction of sp³-hybridized carbons (Fsp3) is 0.333. The number of hydrogen-bond acceptors (Lipinski definition) is 4. The number of benzene rings is 1. The highest BCUT2D eigenvalue weighted by molar-refractivity contribution is 9.10. The third kappa shape index (κ3) is 2.67. The molecule has 1 aliphatic rings. The number of nitriles is 1. The zero-order valence-corrected chi connectivity index (χ0v) is 13.0. The summed E-state index contributed by atoms with van der Waals surface area (Å²) in [6, 6.07) is 9.82. The predicted octanol–water partition coefficient (Wildman–Crippen LogP) is 2.98. The van der Waals surface area contributed by atoms with E-state index in [-0.39, 0.29) is 5.92 Å². The number of nitrogen functional groups attached to an aromatic ring is 1. The molecule has 0 bridgehead atoms. The van der Waals surface area contributed by atoms with Crippen molar-refractivity contribution in [1.29, 1.82) is 5.26 Å². The molecule has 1 fully saturated rings. The van der Waals surface area contributed by atoms with Gasteiger partial charge in [-0.1, -0.05) is 15.9 Å². The SMILES string of the molecule is N#Cc1c(N)c(C2CCOCC2)nn1-c1ccc(Br)cc1. The van der Waals surface area contributed by atoms with E-state index in [1.807, 2.05) is 24.3 Å². The second-order valence-corrected chi connectivity index (χ2v) is 5.95. The molecule has 6 heteroatoms. The number of aromatic nitrogens is 2. The summed E-state index contributed by atoms with van der Waals surface area (Å²) < 4.78 is 7.99. The Balaban J connectivity index is 2.05. The molecule has 0 amide bonds. The number of halogens is 1. The highest BCUT2D eigenvalue weighted by atomic mass is 79.9. The van der Waals surface area contributed by atoms with E-state index in [2.05, 4.69) is 27.1 Å². The van der Waals surface area contributed by atoms with Gasteiger partial charge in [0, 0.05) is 23.6 Å². The summed E-state index contributed by atoms with van der Waals surface area (Å²) in [5, 5.41) is 14.0. The van der Waals surface area contributed by atoms with Crippen LogP contribution in [0.25, 0.3) is 5.69 Å². The molecular weight excluding hydrogens is 332 g/mol. The second kappa shape index (κ2) is 5.88. The zero-order chi connectivity index (χ0) is 14.8. The molecule has 2 heterocycles. The number of nitrogens with zero attached hydrogens (tertiary/aromatic N) is 3. The lowest BCUT2D eigenvalue weighted by Gasteiger charge is -2.20. The van der Waals surface area contributed by atoms with Gasteiger partial charge in [-0.2, -0.15) is 10.4 Å². The molecule has 0 atom stereocenters. The van der Waals surface area contributed by atoms with E-state index < -0.39 is 0 Å². The van der Waals surface area contributed by atoms with Crippen molar-refractivity contribution in [1.82, 2.24) is 9.78 Å². The van der Waals surface area contributed by atoms with Gasteiger partial charge in [-0.3, -0.25) is 0 Å². The van der Waals surface area contributed by atoms with Crippen molar-refractivity contribution in [2.75, 3.05) is 18.9 Å². The Hall–Kier alpha value is -1.84. The number of anilines is 1. The molecule has 0 spiro atoms. The first-order chi connectivity index (χ1) is 10.2. The molecule has 1 aliphatic heterocycles. The van der Waals surface area contributed by atoms with E-state index in [9.17, 15) is 5.26 Å². The molecule has 5 nitrogen and oxygen atoms in total. The lowest BCUT2D eigenvalue weighted by Crippen LogP contribution is -2.15. The summed E-state index contributed by atoms with van der Waals surface area (Å²) in [7, 11) is 0. The van der Waals surface area contributed by atoms with Gasteiger partial charge in [0.05, 0.1) is 17.1 Å². The van der Waals surface area contributed by atoms with Gasteiger partial charge in [-0.25, -0.2) is 4.68 Å². The van der Waals surface area contributed by atoms with Crippen LogP contribution < -0.4 is 5.73 Å². The van der Waals surface area contributed by atoms with Gasteiger partial charge in [-0.05, 0) is 37.1 Å². The number of ether oxygens (including phenoxy) is 1. The van der Waals surface area contributed by atoms with Gasteiger partial charge in [-0.15, -0.1) is 0 Å². The van der Waals surface area contributed by atoms with Crippen molar-refractivity contribution < 1.29 is 4.74 Å². The van der Waals surface area contributed by atoms with Crippen molar-refractivity contribution in [3.05, 3.63) is 40.1 Å². The van der Waals surface area contributed by atoms with Crippen LogP contribution in [0.1, 0.15) is 30.1 Å². The average molecular weight is 347 g/mol. The summed E-state index contributed by atoms with van der Waals surface area (Å²) in [5.74, 6) is 0.266. The molecule has 3 rings (SSSR count). The van der Waals surface area contributed by atoms with E-state index in [0.29, 0.717) is 11.4 Å². The Labute approximate surface area is 131 Å². The van der Waals surface area contributed by atoms with Crippen molar-refractivity contribution in [2.45, 2.75) is 18.8 Å². The van der Waals surface area contributed by atoms with Crippen LogP contribution in [0.5, 0.6) is 0 Å². The topological polar surface area (TPSA) is 76.9 Å². The monoisotopic (exact) mass is 346 g/mol. The quantitative estimate of drug-likeness (QED) is 0.906. The third-order valence-electron chi connectivity index (χ3n) is 3.74. The minimum Gasteiger partial charge on any atom is -0.395 e. The van der Waals surface area contributed by atoms with Crippen LogP contribution in [0.4, 0.5) is 5.69 Å². The molecule has 2 N–H and O–H groups in total. The normalized spacial score (nSPS) is 15.8. The third-order valence-corrected chi connectivity index (χ3v) is 4.26. The molecule has 1 saturated heterocycles. The first-order valence-electron chi connectivity index (χ1n) is 6.83. The zero-order valence-electron chi connectivity index (χ0n) is 11.4. The van der Waals surface area contributed by atoms with Crippen molar-refractivity contribution in [3.63, 3.8) is 0 Å². The standard InChI is InChI=1S/C15H15BrN4O/c16-11-1-3-12(4-2-11)20-13(9-17)14(18)15(19-20)10-5-7-21-8-6-10/h1-4,10H,5-8,18H2. The van der Waals surface area contributed by atoms with E-state index in [1.54, 1.807) is 4.68 Å². The van der Waals surface area contributed by atoms with Gasteiger partial charge in [0.25, 0.3) is 0 Å². The van der Waals surface area contributed by atoms with Crippen molar-refractivity contribution in [3.8, 4) is 11.8 Å². The number of hydrogen-bond donors (Lipinski definition) is 1.